The monoisotopic (exact) mass is 304 g/mol. The molecule has 0 saturated carbocycles. The van der Waals surface area contributed by atoms with Crippen molar-refractivity contribution in [2.45, 2.75) is 76.6 Å². The van der Waals surface area contributed by atoms with Crippen LogP contribution in [0, 0.1) is 0 Å². The van der Waals surface area contributed by atoms with Crippen molar-refractivity contribution >= 4 is 10.1 Å². The summed E-state index contributed by atoms with van der Waals surface area (Å²) in [6, 6.07) is 0. The third-order valence-corrected chi connectivity index (χ3v) is 4.27. The first-order chi connectivity index (χ1) is 7.93. The SMILES string of the molecule is CCCCCCCC(C(O)CCC)S(=O)(=O)[O-].[K+]. The smallest absolute Gasteiger partial charge is 0.748 e. The molecule has 0 aromatic rings. The van der Waals surface area contributed by atoms with Gasteiger partial charge in [0.2, 0.25) is 0 Å². The molecule has 0 aliphatic carbocycles. The number of hydrogen-bond donors (Lipinski definition) is 1. The van der Waals surface area contributed by atoms with Gasteiger partial charge in [0, 0.05) is 0 Å². The maximum Gasteiger partial charge on any atom is 1.00 e. The molecule has 6 heteroatoms. The van der Waals surface area contributed by atoms with E-state index in [0.29, 0.717) is 19.3 Å². The largest absolute Gasteiger partial charge is 1.00 e. The first kappa shape index (κ1) is 21.8. The zero-order valence-corrected chi connectivity index (χ0v) is 15.8. The fraction of sp³-hybridized carbons (Fsp3) is 1.00. The maximum atomic E-state index is 11.1. The summed E-state index contributed by atoms with van der Waals surface area (Å²) in [5.74, 6) is 0. The fourth-order valence-corrected chi connectivity index (χ4v) is 2.94. The average molecular weight is 304 g/mol. The Balaban J connectivity index is 0. The van der Waals surface area contributed by atoms with Gasteiger partial charge in [-0.05, 0) is 12.8 Å². The van der Waals surface area contributed by atoms with Crippen molar-refractivity contribution in [2.24, 2.45) is 0 Å². The molecule has 0 aliphatic rings. The molecule has 0 aromatic heterocycles. The molecule has 0 heterocycles. The van der Waals surface area contributed by atoms with Crippen molar-refractivity contribution in [3.63, 3.8) is 0 Å². The Morgan fingerprint density at radius 3 is 2.00 bits per heavy atom. The summed E-state index contributed by atoms with van der Waals surface area (Å²) in [6.45, 7) is 3.97. The van der Waals surface area contributed by atoms with Gasteiger partial charge in [-0.15, -0.1) is 0 Å². The molecule has 0 aliphatic heterocycles. The summed E-state index contributed by atoms with van der Waals surface area (Å²) in [6.07, 6.45) is 5.29. The Labute approximate surface area is 154 Å². The van der Waals surface area contributed by atoms with Gasteiger partial charge in [-0.1, -0.05) is 52.4 Å². The molecule has 0 bridgehead atoms. The van der Waals surface area contributed by atoms with Gasteiger partial charge in [-0.3, -0.25) is 0 Å². The van der Waals surface area contributed by atoms with Gasteiger partial charge in [0.15, 0.2) is 0 Å². The Morgan fingerprint density at radius 1 is 1.00 bits per heavy atom. The number of rotatable bonds is 10. The average Bonchev–Trinajstić information content (AvgIpc) is 2.21. The van der Waals surface area contributed by atoms with Crippen LogP contribution in [0.4, 0.5) is 0 Å². The Bertz CT molecular complexity index is 280. The van der Waals surface area contributed by atoms with Crippen molar-refractivity contribution in [3.05, 3.63) is 0 Å². The zero-order valence-electron chi connectivity index (χ0n) is 11.9. The Morgan fingerprint density at radius 2 is 1.56 bits per heavy atom. The molecule has 2 atom stereocenters. The number of unbranched alkanes of at least 4 members (excludes halogenated alkanes) is 4. The molecule has 1 N–H and O–H groups in total. The molecule has 4 nitrogen and oxygen atoms in total. The van der Waals surface area contributed by atoms with Gasteiger partial charge in [0.1, 0.15) is 10.1 Å². The summed E-state index contributed by atoms with van der Waals surface area (Å²) in [5.41, 5.74) is 0. The van der Waals surface area contributed by atoms with Crippen LogP contribution < -0.4 is 51.4 Å². The molecule has 0 rings (SSSR count). The van der Waals surface area contributed by atoms with Crippen molar-refractivity contribution < 1.29 is 69.5 Å². The predicted octanol–water partition coefficient (Wildman–Crippen LogP) is -0.574. The molecule has 0 amide bonds. The molecule has 0 saturated heterocycles. The fourth-order valence-electron chi connectivity index (χ4n) is 1.96. The summed E-state index contributed by atoms with van der Waals surface area (Å²) in [7, 11) is -4.38. The second-order valence-electron chi connectivity index (χ2n) is 4.59. The van der Waals surface area contributed by atoms with Gasteiger partial charge in [0.05, 0.1) is 11.4 Å². The van der Waals surface area contributed by atoms with E-state index in [0.717, 1.165) is 25.7 Å². The second kappa shape index (κ2) is 12.3. The van der Waals surface area contributed by atoms with Crippen molar-refractivity contribution in [3.8, 4) is 0 Å². The molecular weight excluding hydrogens is 279 g/mol. The molecule has 104 valence electrons. The van der Waals surface area contributed by atoms with Crippen molar-refractivity contribution in [1.29, 1.82) is 0 Å². The van der Waals surface area contributed by atoms with E-state index in [1.54, 1.807) is 0 Å². The van der Waals surface area contributed by atoms with Crippen LogP contribution in [0.15, 0.2) is 0 Å². The van der Waals surface area contributed by atoms with Crippen LogP contribution >= 0.6 is 0 Å². The predicted molar refractivity (Wildman–Crippen MR) is 67.8 cm³/mol. The van der Waals surface area contributed by atoms with Gasteiger partial charge in [-0.25, -0.2) is 8.42 Å². The summed E-state index contributed by atoms with van der Waals surface area (Å²) in [5, 5.41) is 8.55. The van der Waals surface area contributed by atoms with E-state index in [-0.39, 0.29) is 57.8 Å². The minimum Gasteiger partial charge on any atom is -0.748 e. The number of aliphatic hydroxyl groups is 1. The van der Waals surface area contributed by atoms with E-state index in [4.69, 9.17) is 0 Å². The van der Waals surface area contributed by atoms with Crippen LogP contribution in [0.3, 0.4) is 0 Å². The molecule has 0 spiro atoms. The Kier molecular flexibility index (Phi) is 14.9. The third-order valence-electron chi connectivity index (χ3n) is 2.98. The van der Waals surface area contributed by atoms with Gasteiger partial charge in [0.25, 0.3) is 0 Å². The second-order valence-corrected chi connectivity index (χ2v) is 6.18. The first-order valence-electron chi connectivity index (χ1n) is 6.56. The van der Waals surface area contributed by atoms with E-state index < -0.39 is 21.5 Å². The van der Waals surface area contributed by atoms with Gasteiger partial charge < -0.3 is 9.66 Å². The summed E-state index contributed by atoms with van der Waals surface area (Å²) in [4.78, 5) is 0. The molecule has 0 aromatic carbocycles. The van der Waals surface area contributed by atoms with E-state index in [1.807, 2.05) is 6.92 Å². The summed E-state index contributed by atoms with van der Waals surface area (Å²) >= 11 is 0. The summed E-state index contributed by atoms with van der Waals surface area (Å²) < 4.78 is 33.2. The van der Waals surface area contributed by atoms with Gasteiger partial charge in [-0.2, -0.15) is 0 Å². The first-order valence-corrected chi connectivity index (χ1v) is 8.03. The van der Waals surface area contributed by atoms with Crippen LogP contribution in [0.25, 0.3) is 0 Å². The Hall–Kier alpha value is 1.51. The van der Waals surface area contributed by atoms with E-state index in [1.165, 1.54) is 0 Å². The van der Waals surface area contributed by atoms with Crippen LogP contribution in [-0.4, -0.2) is 29.4 Å². The zero-order chi connectivity index (χ0) is 13.3. The normalized spacial score (nSPS) is 14.9. The third kappa shape index (κ3) is 10.3. The molecule has 0 radical (unpaired) electrons. The molecular formula is C12H25KO4S. The molecule has 2 unspecified atom stereocenters. The quantitative estimate of drug-likeness (QED) is 0.333. The van der Waals surface area contributed by atoms with Crippen LogP contribution in [0.5, 0.6) is 0 Å². The van der Waals surface area contributed by atoms with Crippen molar-refractivity contribution in [2.75, 3.05) is 0 Å². The van der Waals surface area contributed by atoms with Crippen molar-refractivity contribution in [1.82, 2.24) is 0 Å². The van der Waals surface area contributed by atoms with E-state index in [9.17, 15) is 18.1 Å². The van der Waals surface area contributed by atoms with Gasteiger partial charge >= 0.3 is 51.4 Å². The number of aliphatic hydroxyl groups excluding tert-OH is 1. The van der Waals surface area contributed by atoms with E-state index in [2.05, 4.69) is 6.92 Å². The molecule has 18 heavy (non-hydrogen) atoms. The van der Waals surface area contributed by atoms with Crippen LogP contribution in [0.2, 0.25) is 0 Å². The standard InChI is InChI=1S/C12H26O4S.K/c1-3-5-6-7-8-10-12(17(14,15)16)11(13)9-4-2;/h11-13H,3-10H2,1-2H3,(H,14,15,16);/q;+1/p-1. The van der Waals surface area contributed by atoms with Crippen LogP contribution in [-0.2, 0) is 10.1 Å². The topological polar surface area (TPSA) is 77.4 Å². The minimum atomic E-state index is -4.38. The van der Waals surface area contributed by atoms with Crippen LogP contribution in [0.1, 0.15) is 65.2 Å². The maximum absolute atomic E-state index is 11.1. The molecule has 0 fully saturated rings. The number of hydrogen-bond acceptors (Lipinski definition) is 4. The minimum absolute atomic E-state index is 0. The van der Waals surface area contributed by atoms with E-state index >= 15 is 0 Å².